The topological polar surface area (TPSA) is 84.3 Å². The minimum absolute atomic E-state index is 0. The van der Waals surface area contributed by atoms with Gasteiger partial charge < -0.3 is 10.6 Å². The van der Waals surface area contributed by atoms with Crippen molar-refractivity contribution in [3.05, 3.63) is 75.3 Å². The van der Waals surface area contributed by atoms with Gasteiger partial charge in [0.1, 0.15) is 0 Å². The highest BCUT2D eigenvalue weighted by Crippen LogP contribution is 2.22. The Morgan fingerprint density at radius 2 is 1.92 bits per heavy atom. The number of nitro benzene ring substituents is 1. The number of carbonyl (C=O) groups excluding carboxylic acids is 1. The Hall–Kier alpha value is -2.44. The molecule has 25 heavy (non-hydrogen) atoms. The van der Waals surface area contributed by atoms with Crippen molar-refractivity contribution >= 4 is 24.0 Å². The third kappa shape index (κ3) is 4.55. The Morgan fingerprint density at radius 3 is 2.72 bits per heavy atom. The molecular formula is C18H20ClN3O3. The van der Waals surface area contributed by atoms with Crippen molar-refractivity contribution in [2.75, 3.05) is 13.1 Å². The molecule has 0 saturated heterocycles. The van der Waals surface area contributed by atoms with Gasteiger partial charge >= 0.3 is 0 Å². The quantitative estimate of drug-likeness (QED) is 0.633. The first-order chi connectivity index (χ1) is 11.6. The van der Waals surface area contributed by atoms with Crippen LogP contribution in [-0.2, 0) is 17.6 Å². The van der Waals surface area contributed by atoms with Crippen LogP contribution in [0.15, 0.2) is 48.5 Å². The van der Waals surface area contributed by atoms with Crippen LogP contribution in [0.2, 0.25) is 0 Å². The van der Waals surface area contributed by atoms with E-state index < -0.39 is 4.92 Å². The van der Waals surface area contributed by atoms with Crippen molar-refractivity contribution in [1.29, 1.82) is 0 Å². The van der Waals surface area contributed by atoms with E-state index in [9.17, 15) is 14.9 Å². The summed E-state index contributed by atoms with van der Waals surface area (Å²) in [6.45, 7) is 1.35. The number of halogens is 1. The second-order valence-electron chi connectivity index (χ2n) is 5.82. The molecule has 2 aromatic rings. The van der Waals surface area contributed by atoms with E-state index in [-0.39, 0.29) is 36.5 Å². The Labute approximate surface area is 152 Å². The van der Waals surface area contributed by atoms with E-state index in [1.54, 1.807) is 18.2 Å². The Balaban J connectivity index is 0.00000225. The number of nitrogens with zero attached hydrogens (tertiary/aromatic N) is 1. The minimum Gasteiger partial charge on any atom is -0.354 e. The van der Waals surface area contributed by atoms with Crippen LogP contribution in [0.1, 0.15) is 22.7 Å². The molecule has 0 saturated carbocycles. The van der Waals surface area contributed by atoms with Crippen molar-refractivity contribution in [2.24, 2.45) is 0 Å². The number of nitrogens with one attached hydrogen (secondary N) is 2. The fraction of sp³-hybridized carbons (Fsp3) is 0.278. The van der Waals surface area contributed by atoms with Gasteiger partial charge in [-0.15, -0.1) is 12.4 Å². The molecule has 132 valence electrons. The average molecular weight is 362 g/mol. The monoisotopic (exact) mass is 361 g/mol. The summed E-state index contributed by atoms with van der Waals surface area (Å²) in [5, 5.41) is 17.3. The van der Waals surface area contributed by atoms with Crippen molar-refractivity contribution in [3.63, 3.8) is 0 Å². The van der Waals surface area contributed by atoms with Gasteiger partial charge in [-0.25, -0.2) is 0 Å². The molecule has 0 radical (unpaired) electrons. The lowest BCUT2D eigenvalue weighted by Gasteiger charge is -2.27. The number of carbonyl (C=O) groups is 1. The van der Waals surface area contributed by atoms with Crippen LogP contribution in [-0.4, -0.2) is 23.9 Å². The average Bonchev–Trinajstić information content (AvgIpc) is 2.60. The molecule has 0 spiro atoms. The summed E-state index contributed by atoms with van der Waals surface area (Å²) in [6, 6.07) is 14.6. The molecule has 0 fully saturated rings. The van der Waals surface area contributed by atoms with Gasteiger partial charge in [-0.2, -0.15) is 0 Å². The standard InChI is InChI=1S/C18H19N3O3.ClH/c22-18(11-14-6-2-4-8-17(14)21(23)24)20-12-16-15-7-3-1-5-13(15)9-10-19-16;/h1-8,16,19H,9-12H2,(H,20,22);1H. The maximum atomic E-state index is 12.2. The summed E-state index contributed by atoms with van der Waals surface area (Å²) >= 11 is 0. The van der Waals surface area contributed by atoms with E-state index in [0.717, 1.165) is 13.0 Å². The normalized spacial score (nSPS) is 15.6. The highest BCUT2D eigenvalue weighted by molar-refractivity contribution is 5.85. The molecule has 0 bridgehead atoms. The summed E-state index contributed by atoms with van der Waals surface area (Å²) in [7, 11) is 0. The minimum atomic E-state index is -0.457. The highest BCUT2D eigenvalue weighted by atomic mass is 35.5. The van der Waals surface area contributed by atoms with E-state index in [4.69, 9.17) is 0 Å². The fourth-order valence-electron chi connectivity index (χ4n) is 3.06. The second-order valence-corrected chi connectivity index (χ2v) is 5.82. The van der Waals surface area contributed by atoms with Gasteiger partial charge in [0.05, 0.1) is 11.3 Å². The zero-order valence-corrected chi connectivity index (χ0v) is 14.4. The number of para-hydroxylation sites is 1. The number of hydrogen-bond acceptors (Lipinski definition) is 4. The Kier molecular flexibility index (Phi) is 6.50. The molecule has 6 nitrogen and oxygen atoms in total. The third-order valence-corrected chi connectivity index (χ3v) is 4.26. The summed E-state index contributed by atoms with van der Waals surface area (Å²) in [5.74, 6) is -0.214. The van der Waals surface area contributed by atoms with Crippen LogP contribution in [0, 0.1) is 10.1 Å². The maximum absolute atomic E-state index is 12.2. The van der Waals surface area contributed by atoms with E-state index in [0.29, 0.717) is 12.1 Å². The molecule has 2 N–H and O–H groups in total. The van der Waals surface area contributed by atoms with E-state index in [2.05, 4.69) is 22.8 Å². The Bertz CT molecular complexity index is 767. The van der Waals surface area contributed by atoms with Gasteiger partial charge in [0.2, 0.25) is 5.91 Å². The molecular weight excluding hydrogens is 342 g/mol. The number of amides is 1. The van der Waals surface area contributed by atoms with E-state index in [1.165, 1.54) is 17.2 Å². The zero-order chi connectivity index (χ0) is 16.9. The van der Waals surface area contributed by atoms with Crippen LogP contribution in [0.5, 0.6) is 0 Å². The van der Waals surface area contributed by atoms with Crippen LogP contribution in [0.4, 0.5) is 5.69 Å². The summed E-state index contributed by atoms with van der Waals surface area (Å²) < 4.78 is 0. The van der Waals surface area contributed by atoms with Crippen molar-refractivity contribution in [1.82, 2.24) is 10.6 Å². The SMILES string of the molecule is Cl.O=C(Cc1ccccc1[N+](=O)[O-])NCC1NCCc2ccccc21. The molecule has 3 rings (SSSR count). The molecule has 1 aliphatic heterocycles. The molecule has 1 unspecified atom stereocenters. The van der Waals surface area contributed by atoms with Gasteiger partial charge in [-0.1, -0.05) is 42.5 Å². The largest absolute Gasteiger partial charge is 0.354 e. The van der Waals surface area contributed by atoms with E-state index >= 15 is 0 Å². The molecule has 1 aliphatic rings. The number of benzene rings is 2. The predicted octanol–water partition coefficient (Wildman–Crippen LogP) is 2.56. The number of fused-ring (bicyclic) bond motifs is 1. The summed E-state index contributed by atoms with van der Waals surface area (Å²) in [6.07, 6.45) is 0.988. The molecule has 1 amide bonds. The third-order valence-electron chi connectivity index (χ3n) is 4.26. The van der Waals surface area contributed by atoms with Crippen LogP contribution >= 0.6 is 12.4 Å². The van der Waals surface area contributed by atoms with Crippen LogP contribution < -0.4 is 10.6 Å². The summed E-state index contributed by atoms with van der Waals surface area (Å²) in [5.41, 5.74) is 2.91. The zero-order valence-electron chi connectivity index (χ0n) is 13.6. The second kappa shape index (κ2) is 8.60. The van der Waals surface area contributed by atoms with Gasteiger partial charge in [-0.3, -0.25) is 14.9 Å². The lowest BCUT2D eigenvalue weighted by Crippen LogP contribution is -2.39. The molecule has 2 aromatic carbocycles. The molecule has 1 heterocycles. The number of nitro groups is 1. The van der Waals surface area contributed by atoms with Gasteiger partial charge in [0.25, 0.3) is 5.69 Å². The molecule has 0 aliphatic carbocycles. The predicted molar refractivity (Wildman–Crippen MR) is 97.9 cm³/mol. The fourth-order valence-corrected chi connectivity index (χ4v) is 3.06. The van der Waals surface area contributed by atoms with E-state index in [1.807, 2.05) is 12.1 Å². The molecule has 7 heteroatoms. The highest BCUT2D eigenvalue weighted by Gasteiger charge is 2.20. The Morgan fingerprint density at radius 1 is 1.20 bits per heavy atom. The van der Waals surface area contributed by atoms with Crippen LogP contribution in [0.3, 0.4) is 0 Å². The smallest absolute Gasteiger partial charge is 0.273 e. The lowest BCUT2D eigenvalue weighted by atomic mass is 9.94. The first kappa shape index (κ1) is 18.9. The number of rotatable bonds is 5. The van der Waals surface area contributed by atoms with Crippen molar-refractivity contribution in [2.45, 2.75) is 18.9 Å². The van der Waals surface area contributed by atoms with Gasteiger partial charge in [0.15, 0.2) is 0 Å². The first-order valence-corrected chi connectivity index (χ1v) is 7.95. The van der Waals surface area contributed by atoms with Crippen molar-refractivity contribution in [3.8, 4) is 0 Å². The molecule has 0 aromatic heterocycles. The van der Waals surface area contributed by atoms with Gasteiger partial charge in [0, 0.05) is 24.2 Å². The van der Waals surface area contributed by atoms with Crippen LogP contribution in [0.25, 0.3) is 0 Å². The first-order valence-electron chi connectivity index (χ1n) is 7.95. The van der Waals surface area contributed by atoms with Crippen molar-refractivity contribution < 1.29 is 9.72 Å². The lowest BCUT2D eigenvalue weighted by molar-refractivity contribution is -0.385. The van der Waals surface area contributed by atoms with Gasteiger partial charge in [-0.05, 0) is 24.1 Å². The summed E-state index contributed by atoms with van der Waals surface area (Å²) in [4.78, 5) is 22.7. The number of hydrogen-bond donors (Lipinski definition) is 2. The molecule has 1 atom stereocenters. The maximum Gasteiger partial charge on any atom is 0.273 e.